The summed E-state index contributed by atoms with van der Waals surface area (Å²) in [7, 11) is 0. The van der Waals surface area contributed by atoms with E-state index in [0.29, 0.717) is 0 Å². The van der Waals surface area contributed by atoms with Crippen molar-refractivity contribution in [3.63, 3.8) is 0 Å². The van der Waals surface area contributed by atoms with Crippen molar-refractivity contribution in [3.05, 3.63) is 66.2 Å². The van der Waals surface area contributed by atoms with Crippen LogP contribution in [0.25, 0.3) is 33.5 Å². The van der Waals surface area contributed by atoms with Gasteiger partial charge in [-0.05, 0) is 43.7 Å². The van der Waals surface area contributed by atoms with Crippen LogP contribution in [0.3, 0.4) is 0 Å². The van der Waals surface area contributed by atoms with Crippen LogP contribution in [0.4, 0.5) is 0 Å². The van der Waals surface area contributed by atoms with Gasteiger partial charge in [0, 0.05) is 29.3 Å². The first-order valence-corrected chi connectivity index (χ1v) is 9.12. The molecule has 3 heterocycles. The number of aromatic amines is 1. The van der Waals surface area contributed by atoms with Crippen molar-refractivity contribution >= 4 is 10.9 Å². The summed E-state index contributed by atoms with van der Waals surface area (Å²) in [5, 5.41) is 1.12. The van der Waals surface area contributed by atoms with Gasteiger partial charge in [-0.15, -0.1) is 0 Å². The van der Waals surface area contributed by atoms with E-state index < -0.39 is 0 Å². The largest absolute Gasteiger partial charge is 0.340 e. The van der Waals surface area contributed by atoms with Gasteiger partial charge in [0.05, 0.1) is 22.6 Å². The van der Waals surface area contributed by atoms with Gasteiger partial charge in [0.25, 0.3) is 0 Å². The van der Waals surface area contributed by atoms with E-state index in [1.165, 1.54) is 0 Å². The van der Waals surface area contributed by atoms with Gasteiger partial charge in [0.15, 0.2) is 0 Å². The third-order valence-electron chi connectivity index (χ3n) is 4.54. The predicted molar refractivity (Wildman–Crippen MR) is 106 cm³/mol. The van der Waals surface area contributed by atoms with Crippen molar-refractivity contribution in [2.45, 2.75) is 33.1 Å². The maximum atomic E-state index is 4.91. The standard InChI is InChI=1S/C22H22N4/c1-3-4-10-20-25-21(22(26-20)19-9-5-7-15(2)24-19)17-11-12-18-16(14-17)8-6-13-23-18/h5-9,11-14H,3-4,10H2,1-2H3,(H,25,26). The average molecular weight is 342 g/mol. The third kappa shape index (κ3) is 3.23. The van der Waals surface area contributed by atoms with E-state index in [9.17, 15) is 0 Å². The summed E-state index contributed by atoms with van der Waals surface area (Å²) >= 11 is 0. The Morgan fingerprint density at radius 3 is 2.77 bits per heavy atom. The molecule has 0 saturated heterocycles. The lowest BCUT2D eigenvalue weighted by molar-refractivity contribution is 0.763. The van der Waals surface area contributed by atoms with Gasteiger partial charge >= 0.3 is 0 Å². The number of aromatic nitrogens is 4. The first-order valence-electron chi connectivity index (χ1n) is 9.12. The number of aryl methyl sites for hydroxylation is 2. The van der Waals surface area contributed by atoms with E-state index in [1.54, 1.807) is 0 Å². The normalized spacial score (nSPS) is 11.2. The third-order valence-corrected chi connectivity index (χ3v) is 4.54. The number of H-pyrrole nitrogens is 1. The number of imidazole rings is 1. The fourth-order valence-electron chi connectivity index (χ4n) is 3.18. The molecular weight excluding hydrogens is 320 g/mol. The molecule has 0 fully saturated rings. The molecule has 0 aliphatic rings. The number of benzene rings is 1. The maximum absolute atomic E-state index is 4.91. The summed E-state index contributed by atoms with van der Waals surface area (Å²) < 4.78 is 0. The van der Waals surface area contributed by atoms with Crippen molar-refractivity contribution < 1.29 is 0 Å². The molecule has 0 saturated carbocycles. The minimum atomic E-state index is 0.932. The van der Waals surface area contributed by atoms with Gasteiger partial charge in [-0.3, -0.25) is 9.97 Å². The molecule has 4 heteroatoms. The van der Waals surface area contributed by atoms with Gasteiger partial charge < -0.3 is 4.98 Å². The highest BCUT2D eigenvalue weighted by molar-refractivity contribution is 5.86. The van der Waals surface area contributed by atoms with Gasteiger partial charge in [-0.2, -0.15) is 0 Å². The molecule has 26 heavy (non-hydrogen) atoms. The Balaban J connectivity index is 1.85. The topological polar surface area (TPSA) is 54.5 Å². The first kappa shape index (κ1) is 16.5. The monoisotopic (exact) mass is 342 g/mol. The lowest BCUT2D eigenvalue weighted by Crippen LogP contribution is -1.90. The zero-order valence-electron chi connectivity index (χ0n) is 15.2. The molecule has 4 nitrogen and oxygen atoms in total. The minimum absolute atomic E-state index is 0.932. The summed E-state index contributed by atoms with van der Waals surface area (Å²) in [5.74, 6) is 1.02. The Morgan fingerprint density at radius 2 is 1.92 bits per heavy atom. The van der Waals surface area contributed by atoms with E-state index in [0.717, 1.165) is 64.3 Å². The zero-order chi connectivity index (χ0) is 17.9. The fourth-order valence-corrected chi connectivity index (χ4v) is 3.18. The van der Waals surface area contributed by atoms with Crippen LogP contribution < -0.4 is 0 Å². The number of pyridine rings is 2. The van der Waals surface area contributed by atoms with Crippen LogP contribution in [0.5, 0.6) is 0 Å². The quantitative estimate of drug-likeness (QED) is 0.533. The Labute approximate surface area is 153 Å². The van der Waals surface area contributed by atoms with E-state index in [1.807, 2.05) is 37.4 Å². The van der Waals surface area contributed by atoms with Crippen LogP contribution >= 0.6 is 0 Å². The molecule has 0 atom stereocenters. The van der Waals surface area contributed by atoms with E-state index in [4.69, 9.17) is 9.97 Å². The minimum Gasteiger partial charge on any atom is -0.340 e. The second-order valence-electron chi connectivity index (χ2n) is 6.59. The molecule has 130 valence electrons. The number of nitrogens with one attached hydrogen (secondary N) is 1. The molecular formula is C22H22N4. The Morgan fingerprint density at radius 1 is 1.00 bits per heavy atom. The maximum Gasteiger partial charge on any atom is 0.107 e. The molecule has 0 unspecified atom stereocenters. The summed E-state index contributed by atoms with van der Waals surface area (Å²) in [6.07, 6.45) is 5.04. The van der Waals surface area contributed by atoms with Crippen LogP contribution in [0.2, 0.25) is 0 Å². The lowest BCUT2D eigenvalue weighted by Gasteiger charge is -2.05. The zero-order valence-corrected chi connectivity index (χ0v) is 15.2. The Hall–Kier alpha value is -3.01. The van der Waals surface area contributed by atoms with Crippen molar-refractivity contribution in [2.75, 3.05) is 0 Å². The molecule has 0 spiro atoms. The molecule has 1 N–H and O–H groups in total. The van der Waals surface area contributed by atoms with Crippen LogP contribution in [-0.4, -0.2) is 19.9 Å². The van der Waals surface area contributed by atoms with E-state index in [2.05, 4.69) is 41.2 Å². The highest BCUT2D eigenvalue weighted by Crippen LogP contribution is 2.31. The highest BCUT2D eigenvalue weighted by Gasteiger charge is 2.15. The van der Waals surface area contributed by atoms with Crippen LogP contribution in [0, 0.1) is 6.92 Å². The number of nitrogens with zero attached hydrogens (tertiary/aromatic N) is 3. The molecule has 3 aromatic heterocycles. The number of fused-ring (bicyclic) bond motifs is 1. The second kappa shape index (κ2) is 7.08. The summed E-state index contributed by atoms with van der Waals surface area (Å²) in [6, 6.07) is 16.4. The van der Waals surface area contributed by atoms with Crippen molar-refractivity contribution in [3.8, 4) is 22.6 Å². The van der Waals surface area contributed by atoms with Gasteiger partial charge in [-0.1, -0.05) is 31.5 Å². The molecule has 4 rings (SSSR count). The molecule has 0 radical (unpaired) electrons. The average Bonchev–Trinajstić information content (AvgIpc) is 3.10. The lowest BCUT2D eigenvalue weighted by atomic mass is 10.1. The van der Waals surface area contributed by atoms with Crippen molar-refractivity contribution in [2.24, 2.45) is 0 Å². The smallest absolute Gasteiger partial charge is 0.107 e. The van der Waals surface area contributed by atoms with Crippen molar-refractivity contribution in [1.82, 2.24) is 19.9 Å². The molecule has 0 bridgehead atoms. The molecule has 0 aliphatic carbocycles. The SMILES string of the molecule is CCCCc1nc(-c2ccc3ncccc3c2)c(-c2cccc(C)n2)[nH]1. The molecule has 1 aromatic carbocycles. The van der Waals surface area contributed by atoms with Crippen LogP contribution in [-0.2, 0) is 6.42 Å². The van der Waals surface area contributed by atoms with E-state index in [-0.39, 0.29) is 0 Å². The molecule has 4 aromatic rings. The summed E-state index contributed by atoms with van der Waals surface area (Å²) in [5.41, 5.74) is 5.96. The first-order chi connectivity index (χ1) is 12.7. The second-order valence-corrected chi connectivity index (χ2v) is 6.59. The summed E-state index contributed by atoms with van der Waals surface area (Å²) in [4.78, 5) is 17.5. The number of rotatable bonds is 5. The van der Waals surface area contributed by atoms with Crippen LogP contribution in [0.1, 0.15) is 31.3 Å². The van der Waals surface area contributed by atoms with Crippen LogP contribution in [0.15, 0.2) is 54.7 Å². The number of hydrogen-bond acceptors (Lipinski definition) is 3. The summed E-state index contributed by atoms with van der Waals surface area (Å²) in [6.45, 7) is 4.21. The number of unbranched alkanes of at least 4 members (excludes halogenated alkanes) is 1. The Bertz CT molecular complexity index is 1050. The van der Waals surface area contributed by atoms with Gasteiger partial charge in [-0.25, -0.2) is 4.98 Å². The fraction of sp³-hybridized carbons (Fsp3) is 0.227. The Kier molecular flexibility index (Phi) is 4.48. The molecule has 0 aliphatic heterocycles. The van der Waals surface area contributed by atoms with Gasteiger partial charge in [0.1, 0.15) is 5.82 Å². The highest BCUT2D eigenvalue weighted by atomic mass is 15.0. The predicted octanol–water partition coefficient (Wildman–Crippen LogP) is 5.34. The van der Waals surface area contributed by atoms with Crippen molar-refractivity contribution in [1.29, 1.82) is 0 Å². The number of hydrogen-bond donors (Lipinski definition) is 1. The molecule has 0 amide bonds. The van der Waals surface area contributed by atoms with E-state index >= 15 is 0 Å². The van der Waals surface area contributed by atoms with Gasteiger partial charge in [0.2, 0.25) is 0 Å².